The van der Waals surface area contributed by atoms with Crippen LogP contribution in [0.4, 0.5) is 0 Å². The quantitative estimate of drug-likeness (QED) is 0.185. The molecule has 0 amide bonds. The van der Waals surface area contributed by atoms with Crippen LogP contribution in [0.15, 0.2) is 158 Å². The normalized spacial score (nSPS) is 13.3. The third kappa shape index (κ3) is 3.79. The van der Waals surface area contributed by atoms with Crippen LogP contribution in [0, 0.1) is 0 Å². The Morgan fingerprint density at radius 2 is 0.844 bits per heavy atom. The first-order valence-corrected chi connectivity index (χ1v) is 15.9. The molecule has 9 rings (SSSR count). The maximum atomic E-state index is 2.39. The Morgan fingerprint density at radius 3 is 1.53 bits per heavy atom. The molecule has 0 atom stereocenters. The molecule has 0 unspecified atom stereocenters. The van der Waals surface area contributed by atoms with E-state index in [1.165, 1.54) is 88.0 Å². The zero-order valence-corrected chi connectivity index (χ0v) is 25.5. The molecule has 0 spiro atoms. The molecule has 0 radical (unpaired) electrons. The maximum absolute atomic E-state index is 2.39. The second-order valence-electron chi connectivity index (χ2n) is 12.8. The summed E-state index contributed by atoms with van der Waals surface area (Å²) in [6.45, 7) is 4.78. The van der Waals surface area contributed by atoms with Crippen molar-refractivity contribution in [1.29, 1.82) is 0 Å². The molecular formula is C45H32. The van der Waals surface area contributed by atoms with E-state index in [0.717, 1.165) is 0 Å². The first-order valence-electron chi connectivity index (χ1n) is 15.9. The van der Waals surface area contributed by atoms with Gasteiger partial charge in [-0.1, -0.05) is 166 Å². The van der Waals surface area contributed by atoms with Crippen molar-refractivity contribution in [3.8, 4) is 44.5 Å². The highest BCUT2D eigenvalue weighted by molar-refractivity contribution is 6.23. The second kappa shape index (κ2) is 9.78. The van der Waals surface area contributed by atoms with Crippen LogP contribution in [-0.4, -0.2) is 0 Å². The number of benzene rings is 8. The third-order valence-electron chi connectivity index (χ3n) is 10.0. The Morgan fingerprint density at radius 1 is 0.356 bits per heavy atom. The van der Waals surface area contributed by atoms with E-state index in [4.69, 9.17) is 0 Å². The van der Waals surface area contributed by atoms with Crippen LogP contribution in [0.1, 0.15) is 25.0 Å². The van der Waals surface area contributed by atoms with Crippen molar-refractivity contribution in [2.45, 2.75) is 19.3 Å². The zero-order valence-electron chi connectivity index (χ0n) is 25.5. The highest BCUT2D eigenvalue weighted by Crippen LogP contribution is 2.54. The largest absolute Gasteiger partial charge is 0.0619 e. The van der Waals surface area contributed by atoms with Crippen molar-refractivity contribution in [1.82, 2.24) is 0 Å². The molecule has 1 aliphatic rings. The van der Waals surface area contributed by atoms with Gasteiger partial charge in [0.15, 0.2) is 0 Å². The minimum absolute atomic E-state index is 0.105. The van der Waals surface area contributed by atoms with Gasteiger partial charge in [0.2, 0.25) is 0 Å². The van der Waals surface area contributed by atoms with Gasteiger partial charge < -0.3 is 0 Å². The first-order chi connectivity index (χ1) is 22.1. The standard InChI is InChI=1S/C45H32/c1-45(2)41-25-12-11-17-33(41)39-23-13-24-40(44(39)45)43-37-21-9-7-19-35(37)42(36-20-8-10-22-38(36)43)34-18-6-5-16-32(34)31-27-26-29-14-3-4-15-30(29)28-31/h3-28H,1-2H3. The highest BCUT2D eigenvalue weighted by atomic mass is 14.4. The van der Waals surface area contributed by atoms with Crippen molar-refractivity contribution < 1.29 is 0 Å². The van der Waals surface area contributed by atoms with Crippen LogP contribution in [-0.2, 0) is 5.41 Å². The monoisotopic (exact) mass is 572 g/mol. The van der Waals surface area contributed by atoms with Gasteiger partial charge in [-0.2, -0.15) is 0 Å². The summed E-state index contributed by atoms with van der Waals surface area (Å²) < 4.78 is 0. The molecule has 0 N–H and O–H groups in total. The molecule has 0 saturated heterocycles. The summed E-state index contributed by atoms with van der Waals surface area (Å²) in [5, 5.41) is 7.67. The van der Waals surface area contributed by atoms with Gasteiger partial charge in [-0.25, -0.2) is 0 Å². The van der Waals surface area contributed by atoms with Crippen molar-refractivity contribution in [2.24, 2.45) is 0 Å². The van der Waals surface area contributed by atoms with Crippen LogP contribution >= 0.6 is 0 Å². The topological polar surface area (TPSA) is 0 Å². The molecule has 8 aromatic rings. The molecule has 45 heavy (non-hydrogen) atoms. The minimum Gasteiger partial charge on any atom is -0.0619 e. The smallest absolute Gasteiger partial charge is 0.0165 e. The van der Waals surface area contributed by atoms with Gasteiger partial charge in [0.1, 0.15) is 0 Å². The minimum atomic E-state index is -0.105. The van der Waals surface area contributed by atoms with Gasteiger partial charge in [0.25, 0.3) is 0 Å². The van der Waals surface area contributed by atoms with E-state index in [0.29, 0.717) is 0 Å². The van der Waals surface area contributed by atoms with Gasteiger partial charge in [-0.3, -0.25) is 0 Å². The lowest BCUT2D eigenvalue weighted by atomic mass is 9.76. The molecule has 0 nitrogen and oxygen atoms in total. The number of fused-ring (bicyclic) bond motifs is 6. The average molecular weight is 573 g/mol. The molecule has 0 aromatic heterocycles. The Balaban J connectivity index is 1.37. The van der Waals surface area contributed by atoms with Crippen molar-refractivity contribution in [3.63, 3.8) is 0 Å². The fourth-order valence-electron chi connectivity index (χ4n) is 8.07. The summed E-state index contributed by atoms with van der Waals surface area (Å²) in [6.07, 6.45) is 0. The third-order valence-corrected chi connectivity index (χ3v) is 10.0. The van der Waals surface area contributed by atoms with Crippen LogP contribution in [0.3, 0.4) is 0 Å². The van der Waals surface area contributed by atoms with Crippen LogP contribution in [0.25, 0.3) is 76.8 Å². The van der Waals surface area contributed by atoms with E-state index in [1.54, 1.807) is 0 Å². The maximum Gasteiger partial charge on any atom is 0.0165 e. The predicted octanol–water partition coefficient (Wildman–Crippen LogP) is 12.5. The van der Waals surface area contributed by atoms with Gasteiger partial charge in [0.05, 0.1) is 0 Å². The van der Waals surface area contributed by atoms with Gasteiger partial charge in [0, 0.05) is 5.41 Å². The number of hydrogen-bond donors (Lipinski definition) is 0. The van der Waals surface area contributed by atoms with E-state index >= 15 is 0 Å². The first kappa shape index (κ1) is 26.0. The predicted molar refractivity (Wildman–Crippen MR) is 193 cm³/mol. The van der Waals surface area contributed by atoms with E-state index in [-0.39, 0.29) is 5.41 Å². The molecule has 8 aromatic carbocycles. The molecule has 0 bridgehead atoms. The fraction of sp³-hybridized carbons (Fsp3) is 0.0667. The zero-order chi connectivity index (χ0) is 30.1. The SMILES string of the molecule is CC1(C)c2ccccc2-c2cccc(-c3c4ccccc4c(-c4ccccc4-c4ccc5ccccc5c4)c4ccccc34)c21. The molecule has 0 aliphatic heterocycles. The number of hydrogen-bond acceptors (Lipinski definition) is 0. The average Bonchev–Trinajstić information content (AvgIpc) is 3.33. The molecule has 0 saturated carbocycles. The van der Waals surface area contributed by atoms with Gasteiger partial charge >= 0.3 is 0 Å². The van der Waals surface area contributed by atoms with Crippen LogP contribution < -0.4 is 0 Å². The summed E-state index contributed by atoms with van der Waals surface area (Å²) in [6, 6.07) is 58.3. The van der Waals surface area contributed by atoms with Crippen molar-refractivity contribution >= 4 is 32.3 Å². The molecule has 0 heterocycles. The second-order valence-corrected chi connectivity index (χ2v) is 12.8. The van der Waals surface area contributed by atoms with Gasteiger partial charge in [-0.05, 0) is 94.0 Å². The van der Waals surface area contributed by atoms with Gasteiger partial charge in [-0.15, -0.1) is 0 Å². The van der Waals surface area contributed by atoms with E-state index in [2.05, 4.69) is 172 Å². The lowest BCUT2D eigenvalue weighted by Crippen LogP contribution is -2.16. The lowest BCUT2D eigenvalue weighted by molar-refractivity contribution is 0.662. The Hall–Kier alpha value is -5.46. The summed E-state index contributed by atoms with van der Waals surface area (Å²) in [7, 11) is 0. The fourth-order valence-corrected chi connectivity index (χ4v) is 8.07. The van der Waals surface area contributed by atoms with Crippen LogP contribution in [0.5, 0.6) is 0 Å². The molecule has 0 fully saturated rings. The number of rotatable bonds is 3. The molecule has 0 heteroatoms. The summed E-state index contributed by atoms with van der Waals surface area (Å²) >= 11 is 0. The highest BCUT2D eigenvalue weighted by Gasteiger charge is 2.37. The van der Waals surface area contributed by atoms with E-state index < -0.39 is 0 Å². The Bertz CT molecular complexity index is 2400. The Labute approximate surface area is 264 Å². The molecule has 1 aliphatic carbocycles. The summed E-state index contributed by atoms with van der Waals surface area (Å²) in [5.41, 5.74) is 13.1. The van der Waals surface area contributed by atoms with Crippen molar-refractivity contribution in [2.75, 3.05) is 0 Å². The van der Waals surface area contributed by atoms with E-state index in [1.807, 2.05) is 0 Å². The Kier molecular flexibility index (Phi) is 5.64. The lowest BCUT2D eigenvalue weighted by Gasteiger charge is -2.26. The summed E-state index contributed by atoms with van der Waals surface area (Å²) in [4.78, 5) is 0. The molecular weight excluding hydrogens is 540 g/mol. The molecule has 212 valence electrons. The van der Waals surface area contributed by atoms with Crippen LogP contribution in [0.2, 0.25) is 0 Å². The van der Waals surface area contributed by atoms with E-state index in [9.17, 15) is 0 Å². The summed E-state index contributed by atoms with van der Waals surface area (Å²) in [5.74, 6) is 0. The van der Waals surface area contributed by atoms with Crippen molar-refractivity contribution in [3.05, 3.63) is 169 Å².